The molecule has 228 valence electrons. The van der Waals surface area contributed by atoms with Crippen LogP contribution in [0.4, 0.5) is 0 Å². The second kappa shape index (κ2) is 17.4. The van der Waals surface area contributed by atoms with Crippen molar-refractivity contribution in [3.05, 3.63) is 97.5 Å². The Morgan fingerprint density at radius 1 is 0.455 bits per heavy atom. The third-order valence-electron chi connectivity index (χ3n) is 7.71. The van der Waals surface area contributed by atoms with Crippen molar-refractivity contribution in [2.45, 2.75) is 78.1 Å². The molecule has 0 unspecified atom stereocenters. The van der Waals surface area contributed by atoms with Gasteiger partial charge < -0.3 is 0 Å². The molecule has 4 bridgehead atoms. The predicted molar refractivity (Wildman–Crippen MR) is 203 cm³/mol. The summed E-state index contributed by atoms with van der Waals surface area (Å²) in [5.41, 5.74) is 6.03. The van der Waals surface area contributed by atoms with Gasteiger partial charge in [-0.2, -0.15) is 10.5 Å². The molecule has 0 fully saturated rings. The SMILES string of the molecule is CC1=C2SCCCCCCCCCCCCSC3=C(C)S/C(=C(\c4ccc(C#N)cc4)C(c4ccc(C#N)cc4)=C(S1)S2)S3. The summed E-state index contributed by atoms with van der Waals surface area (Å²) < 4.78 is 5.42. The van der Waals surface area contributed by atoms with Gasteiger partial charge in [0, 0.05) is 21.0 Å². The molecule has 0 saturated heterocycles. The maximum Gasteiger partial charge on any atom is 0.0991 e. The number of benzene rings is 2. The van der Waals surface area contributed by atoms with Crippen LogP contribution in [-0.4, -0.2) is 11.5 Å². The normalized spacial score (nSPS) is 21.5. The number of nitrogens with zero attached hydrogens (tertiary/aromatic N) is 2. The van der Waals surface area contributed by atoms with E-state index in [1.807, 2.05) is 94.8 Å². The van der Waals surface area contributed by atoms with Gasteiger partial charge in [-0.1, -0.05) is 123 Å². The molecule has 0 aromatic heterocycles. The van der Waals surface area contributed by atoms with Gasteiger partial charge in [0.1, 0.15) is 0 Å². The lowest BCUT2D eigenvalue weighted by Crippen LogP contribution is -1.96. The number of rotatable bonds is 2. The number of hydrogen-bond acceptors (Lipinski definition) is 8. The molecule has 0 N–H and O–H groups in total. The molecule has 0 spiro atoms. The molecule has 44 heavy (non-hydrogen) atoms. The smallest absolute Gasteiger partial charge is 0.0991 e. The van der Waals surface area contributed by atoms with Gasteiger partial charge in [0.2, 0.25) is 0 Å². The fraction of sp³-hybridized carbons (Fsp3) is 0.389. The second-order valence-electron chi connectivity index (χ2n) is 11.0. The summed E-state index contributed by atoms with van der Waals surface area (Å²) in [6, 6.07) is 20.8. The zero-order valence-corrected chi connectivity index (χ0v) is 30.3. The van der Waals surface area contributed by atoms with E-state index in [9.17, 15) is 10.5 Å². The van der Waals surface area contributed by atoms with Crippen LogP contribution in [0, 0.1) is 22.7 Å². The summed E-state index contributed by atoms with van der Waals surface area (Å²) in [5, 5.41) is 19.1. The number of nitriles is 2. The number of hydrogen-bond donors (Lipinski definition) is 0. The molecule has 8 heteroatoms. The van der Waals surface area contributed by atoms with Gasteiger partial charge in [-0.15, -0.1) is 23.5 Å². The summed E-state index contributed by atoms with van der Waals surface area (Å²) in [6.07, 6.45) is 13.4. The largest absolute Gasteiger partial charge is 0.192 e. The van der Waals surface area contributed by atoms with Gasteiger partial charge in [0.05, 0.1) is 40.2 Å². The lowest BCUT2D eigenvalue weighted by atomic mass is 9.93. The van der Waals surface area contributed by atoms with Crippen LogP contribution in [0.2, 0.25) is 0 Å². The minimum Gasteiger partial charge on any atom is -0.192 e. The maximum absolute atomic E-state index is 9.54. The van der Waals surface area contributed by atoms with E-state index in [1.54, 1.807) is 0 Å². The van der Waals surface area contributed by atoms with E-state index >= 15 is 0 Å². The van der Waals surface area contributed by atoms with Crippen molar-refractivity contribution in [1.29, 1.82) is 10.5 Å². The molecular weight excluding hydrogens is 653 g/mol. The van der Waals surface area contributed by atoms with Crippen LogP contribution in [0.15, 0.2) is 75.3 Å². The molecule has 3 heterocycles. The molecule has 3 aliphatic heterocycles. The van der Waals surface area contributed by atoms with Crippen LogP contribution in [0.25, 0.3) is 11.1 Å². The molecule has 0 aliphatic carbocycles. The topological polar surface area (TPSA) is 47.6 Å². The third-order valence-corrected chi connectivity index (χ3v) is 16.1. The van der Waals surface area contributed by atoms with Crippen molar-refractivity contribution in [3.63, 3.8) is 0 Å². The highest BCUT2D eigenvalue weighted by Gasteiger charge is 2.30. The zero-order chi connectivity index (χ0) is 30.7. The summed E-state index contributed by atoms with van der Waals surface area (Å²) in [6.45, 7) is 4.53. The molecule has 0 atom stereocenters. The monoisotopic (exact) mass is 690 g/mol. The van der Waals surface area contributed by atoms with E-state index in [2.05, 4.69) is 50.3 Å². The van der Waals surface area contributed by atoms with Gasteiger partial charge in [-0.05, 0) is 73.6 Å². The van der Waals surface area contributed by atoms with Crippen molar-refractivity contribution in [3.8, 4) is 12.1 Å². The average molecular weight is 691 g/mol. The second-order valence-corrected chi connectivity index (χ2v) is 18.8. The standard InChI is InChI=1S/C36H38N2S6/c1-25-33-39-21-11-9-7-5-3-4-6-8-10-12-22-40-34-26(2)42-36(44-34)32(30-19-15-28(24-38)16-20-30)31(35(41-25)43-33)29-17-13-27(23-37)14-18-29/h13-20H,3-12,21-22H2,1-2H3/b35-31-,36-32?. The molecule has 0 radical (unpaired) electrons. The number of thioether (sulfide) groups is 6. The average Bonchev–Trinajstić information content (AvgIpc) is 3.60. The van der Waals surface area contributed by atoms with E-state index in [0.29, 0.717) is 11.1 Å². The van der Waals surface area contributed by atoms with Gasteiger partial charge in [0.15, 0.2) is 0 Å². The first-order valence-corrected chi connectivity index (χ1v) is 20.7. The third kappa shape index (κ3) is 9.05. The van der Waals surface area contributed by atoms with Crippen LogP contribution in [0.5, 0.6) is 0 Å². The van der Waals surface area contributed by atoms with Crippen LogP contribution in [-0.2, 0) is 0 Å². The molecule has 3 aliphatic rings. The van der Waals surface area contributed by atoms with Crippen molar-refractivity contribution in [2.24, 2.45) is 0 Å². The number of fused-ring (bicyclic) bond motifs is 4. The van der Waals surface area contributed by atoms with E-state index in [4.69, 9.17) is 0 Å². The van der Waals surface area contributed by atoms with Gasteiger partial charge in [-0.3, -0.25) is 0 Å². The van der Waals surface area contributed by atoms with E-state index in [1.165, 1.54) is 114 Å². The molecule has 0 saturated carbocycles. The Labute approximate surface area is 289 Å². The first-order valence-electron chi connectivity index (χ1n) is 15.5. The highest BCUT2D eigenvalue weighted by Crippen LogP contribution is 2.62. The first-order chi connectivity index (χ1) is 21.6. The Bertz CT molecular complexity index is 1420. The van der Waals surface area contributed by atoms with Crippen LogP contribution < -0.4 is 0 Å². The van der Waals surface area contributed by atoms with Crippen molar-refractivity contribution in [1.82, 2.24) is 0 Å². The Morgan fingerprint density at radius 3 is 1.14 bits per heavy atom. The van der Waals surface area contributed by atoms with Gasteiger partial charge >= 0.3 is 0 Å². The van der Waals surface area contributed by atoms with E-state index in [0.717, 1.165) is 11.1 Å². The molecular formula is C36H38N2S6. The minimum atomic E-state index is 0.670. The van der Waals surface area contributed by atoms with Crippen LogP contribution in [0.3, 0.4) is 0 Å². The summed E-state index contributed by atoms with van der Waals surface area (Å²) >= 11 is 11.6. The van der Waals surface area contributed by atoms with Crippen LogP contribution >= 0.6 is 70.6 Å². The quantitative estimate of drug-likeness (QED) is 0.309. The lowest BCUT2D eigenvalue weighted by Gasteiger charge is -2.19. The summed E-state index contributed by atoms with van der Waals surface area (Å²) in [7, 11) is 0. The van der Waals surface area contributed by atoms with Crippen molar-refractivity contribution >= 4 is 81.7 Å². The Balaban J connectivity index is 1.57. The molecule has 2 aromatic rings. The fourth-order valence-corrected chi connectivity index (χ4v) is 13.9. The summed E-state index contributed by atoms with van der Waals surface area (Å²) in [5.74, 6) is 2.33. The maximum atomic E-state index is 9.54. The lowest BCUT2D eigenvalue weighted by molar-refractivity contribution is 0.564. The molecule has 5 rings (SSSR count). The van der Waals surface area contributed by atoms with Gasteiger partial charge in [-0.25, -0.2) is 0 Å². The van der Waals surface area contributed by atoms with E-state index in [-0.39, 0.29) is 0 Å². The van der Waals surface area contributed by atoms with Gasteiger partial charge in [0.25, 0.3) is 0 Å². The Morgan fingerprint density at radius 2 is 0.795 bits per heavy atom. The van der Waals surface area contributed by atoms with Crippen molar-refractivity contribution < 1.29 is 0 Å². The zero-order valence-electron chi connectivity index (χ0n) is 25.4. The van der Waals surface area contributed by atoms with Crippen molar-refractivity contribution in [2.75, 3.05) is 11.5 Å². The minimum absolute atomic E-state index is 0.670. The highest BCUT2D eigenvalue weighted by molar-refractivity contribution is 8.36. The fourth-order valence-electron chi connectivity index (χ4n) is 5.28. The highest BCUT2D eigenvalue weighted by atomic mass is 32.2. The van der Waals surface area contributed by atoms with E-state index < -0.39 is 0 Å². The molecule has 0 amide bonds. The number of allylic oxidation sites excluding steroid dienone is 4. The Hall–Kier alpha value is -1.52. The Kier molecular flexibility index (Phi) is 13.4. The molecule has 2 aromatic carbocycles. The molecule has 2 nitrogen and oxygen atoms in total. The predicted octanol–water partition coefficient (Wildman–Crippen LogP) is 13.2. The van der Waals surface area contributed by atoms with Crippen LogP contribution in [0.1, 0.15) is 100 Å². The summed E-state index contributed by atoms with van der Waals surface area (Å²) in [4.78, 5) is 2.75. The first kappa shape index (κ1) is 33.8.